The smallest absolute Gasteiger partial charge is 0.202 e. The number of aliphatic imine (C=N–C) groups is 1. The molecule has 1 aliphatic carbocycles. The minimum atomic E-state index is -0.237. The van der Waals surface area contributed by atoms with Crippen molar-refractivity contribution < 1.29 is 21.7 Å². The Morgan fingerprint density at radius 2 is 1.85 bits per heavy atom. The Morgan fingerprint density at radius 3 is 2.41 bits per heavy atom. The van der Waals surface area contributed by atoms with Crippen molar-refractivity contribution >= 4 is 34.5 Å². The first-order chi connectivity index (χ1) is 12.2. The third-order valence-corrected chi connectivity index (χ3v) is 5.52. The van der Waals surface area contributed by atoms with Crippen LogP contribution in [0.25, 0.3) is 0 Å². The number of nitrogens with two attached hydrogens (primary N) is 1. The molecule has 0 amide bonds. The molecule has 0 saturated carbocycles. The van der Waals surface area contributed by atoms with E-state index in [1.165, 1.54) is 12.1 Å². The fourth-order valence-electron chi connectivity index (χ4n) is 3.33. The zero-order chi connectivity index (χ0) is 19.1. The van der Waals surface area contributed by atoms with Crippen LogP contribution in [-0.2, 0) is 4.79 Å². The predicted molar refractivity (Wildman–Crippen MR) is 108 cm³/mol. The minimum absolute atomic E-state index is 0. The average molecular weight is 409 g/mol. The molecule has 0 bridgehead atoms. The summed E-state index contributed by atoms with van der Waals surface area (Å²) < 4.78 is 0.985. The molecule has 1 aliphatic heterocycles. The van der Waals surface area contributed by atoms with Crippen LogP contribution in [0.3, 0.4) is 0 Å². The van der Waals surface area contributed by atoms with E-state index in [-0.39, 0.29) is 28.9 Å². The summed E-state index contributed by atoms with van der Waals surface area (Å²) in [5, 5.41) is 0.0452. The van der Waals surface area contributed by atoms with Gasteiger partial charge in [-0.05, 0) is 37.3 Å². The second-order valence-electron chi connectivity index (χ2n) is 7.90. The highest BCUT2D eigenvalue weighted by atomic mass is 35.5. The van der Waals surface area contributed by atoms with Crippen LogP contribution < -0.4 is 23.0 Å². The summed E-state index contributed by atoms with van der Waals surface area (Å²) in [5.74, 6) is -0.237. The number of carbonyl (C=O) groups is 1. The first kappa shape index (κ1) is 21.5. The van der Waals surface area contributed by atoms with Gasteiger partial charge in [-0.3, -0.25) is 4.79 Å². The fraction of sp³-hybridized carbons (Fsp3) is 0.400. The molecule has 1 aromatic carbocycles. The molecule has 0 spiro atoms. The molecular weight excluding hydrogens is 383 g/mol. The average Bonchev–Trinajstić information content (AvgIpc) is 3.09. The number of likely N-dealkylation sites (N-methyl/N-ethyl adjacent to an activating group) is 1. The Balaban J connectivity index is 0.00000261. The van der Waals surface area contributed by atoms with Gasteiger partial charge in [0.05, 0.1) is 44.8 Å². The lowest BCUT2D eigenvalue weighted by Gasteiger charge is -2.31. The van der Waals surface area contributed by atoms with Crippen molar-refractivity contribution in [3.8, 4) is 0 Å². The Kier molecular flexibility index (Phi) is 6.40. The number of halogens is 2. The molecule has 1 fully saturated rings. The second kappa shape index (κ2) is 8.05. The summed E-state index contributed by atoms with van der Waals surface area (Å²) in [5.41, 5.74) is 9.26. The summed E-state index contributed by atoms with van der Waals surface area (Å²) in [6.07, 6.45) is 2.88. The Bertz CT molecular complexity index is 819. The van der Waals surface area contributed by atoms with Crippen LogP contribution in [0.1, 0.15) is 13.3 Å². The van der Waals surface area contributed by atoms with Gasteiger partial charge >= 0.3 is 0 Å². The highest BCUT2D eigenvalue weighted by molar-refractivity contribution is 6.49. The van der Waals surface area contributed by atoms with Crippen LogP contribution in [0.2, 0.25) is 0 Å². The number of Topliss-reactive ketones (excluding diaryl/α,β-unsaturated/α-hetero) is 1. The highest BCUT2D eigenvalue weighted by Gasteiger charge is 2.32. The van der Waals surface area contributed by atoms with E-state index in [9.17, 15) is 4.79 Å². The number of anilines is 1. The van der Waals surface area contributed by atoms with E-state index in [1.807, 2.05) is 12.1 Å². The minimum Gasteiger partial charge on any atom is -1.00 e. The third kappa shape index (κ3) is 4.54. The van der Waals surface area contributed by atoms with Gasteiger partial charge in [0.1, 0.15) is 11.1 Å². The number of carbonyl (C=O) groups excluding carboxylic acids is 1. The third-order valence-electron chi connectivity index (χ3n) is 5.15. The summed E-state index contributed by atoms with van der Waals surface area (Å²) in [7, 11) is 6.75. The fourth-order valence-corrected chi connectivity index (χ4v) is 3.58. The molecule has 27 heavy (non-hydrogen) atoms. The number of allylic oxidation sites excluding steroid dienone is 3. The number of benzene rings is 1. The molecule has 2 aliphatic rings. The van der Waals surface area contributed by atoms with Gasteiger partial charge < -0.3 is 27.5 Å². The monoisotopic (exact) mass is 408 g/mol. The Morgan fingerprint density at radius 1 is 1.22 bits per heavy atom. The van der Waals surface area contributed by atoms with Gasteiger partial charge in [0.2, 0.25) is 5.78 Å². The molecule has 1 aromatic rings. The molecule has 3 rings (SSSR count). The summed E-state index contributed by atoms with van der Waals surface area (Å²) in [4.78, 5) is 18.8. The molecule has 0 radical (unpaired) electrons. The van der Waals surface area contributed by atoms with Gasteiger partial charge in [-0.15, -0.1) is 0 Å². The van der Waals surface area contributed by atoms with Crippen molar-refractivity contribution in [1.29, 1.82) is 0 Å². The maximum Gasteiger partial charge on any atom is 0.202 e. The summed E-state index contributed by atoms with van der Waals surface area (Å²) >= 11 is 6.01. The molecule has 1 heterocycles. The predicted octanol–water partition coefficient (Wildman–Crippen LogP) is -0.0139. The number of hydrogen-bond donors (Lipinski definition) is 1. The molecule has 1 atom stereocenters. The van der Waals surface area contributed by atoms with E-state index in [2.05, 4.69) is 43.2 Å². The molecule has 2 N–H and O–H groups in total. The summed E-state index contributed by atoms with van der Waals surface area (Å²) in [6, 6.07) is 8.77. The van der Waals surface area contributed by atoms with Gasteiger partial charge in [-0.1, -0.05) is 11.6 Å². The van der Waals surface area contributed by atoms with Gasteiger partial charge in [0.15, 0.2) is 0 Å². The van der Waals surface area contributed by atoms with Crippen LogP contribution in [-0.4, -0.2) is 56.3 Å². The number of rotatable bonds is 3. The van der Waals surface area contributed by atoms with Gasteiger partial charge in [0, 0.05) is 24.2 Å². The van der Waals surface area contributed by atoms with Crippen LogP contribution in [0, 0.1) is 0 Å². The molecular formula is C20H26Cl2N4O. The molecule has 1 saturated heterocycles. The largest absolute Gasteiger partial charge is 1.00 e. The maximum atomic E-state index is 11.8. The summed E-state index contributed by atoms with van der Waals surface area (Å²) in [6.45, 7) is 3.85. The first-order valence-corrected chi connectivity index (χ1v) is 9.18. The zero-order valence-electron chi connectivity index (χ0n) is 16.2. The molecule has 0 aromatic heterocycles. The van der Waals surface area contributed by atoms with E-state index in [0.717, 1.165) is 23.3 Å². The van der Waals surface area contributed by atoms with Crippen LogP contribution in [0.5, 0.6) is 0 Å². The van der Waals surface area contributed by atoms with Crippen molar-refractivity contribution in [2.24, 2.45) is 10.7 Å². The highest BCUT2D eigenvalue weighted by Crippen LogP contribution is 2.27. The normalized spacial score (nSPS) is 22.2. The second-order valence-corrected chi connectivity index (χ2v) is 8.28. The van der Waals surface area contributed by atoms with Crippen LogP contribution >= 0.6 is 11.6 Å². The van der Waals surface area contributed by atoms with E-state index in [1.54, 1.807) is 13.0 Å². The van der Waals surface area contributed by atoms with Crippen LogP contribution in [0.15, 0.2) is 51.6 Å². The SMILES string of the molecule is CC1=CC(=Nc2ccc(N3CCC([N+](C)(C)C)C3)cc2)C(N)=C(Cl)C1=O.[Cl-]. The van der Waals surface area contributed by atoms with Crippen molar-refractivity contribution in [1.82, 2.24) is 0 Å². The number of nitrogens with zero attached hydrogens (tertiary/aromatic N) is 3. The number of ketones is 1. The Labute approximate surface area is 172 Å². The molecule has 1 unspecified atom stereocenters. The van der Waals surface area contributed by atoms with Crippen molar-refractivity contribution in [2.75, 3.05) is 39.1 Å². The lowest BCUT2D eigenvalue weighted by molar-refractivity contribution is -0.893. The van der Waals surface area contributed by atoms with Crippen molar-refractivity contribution in [3.63, 3.8) is 0 Å². The van der Waals surface area contributed by atoms with Crippen LogP contribution in [0.4, 0.5) is 11.4 Å². The number of hydrogen-bond acceptors (Lipinski definition) is 4. The Hall–Kier alpha value is -1.82. The maximum absolute atomic E-state index is 11.8. The lowest BCUT2D eigenvalue weighted by atomic mass is 10.0. The first-order valence-electron chi connectivity index (χ1n) is 8.80. The van der Waals surface area contributed by atoms with Crippen molar-refractivity contribution in [2.45, 2.75) is 19.4 Å². The lowest BCUT2D eigenvalue weighted by Crippen LogP contribution is -3.00. The van der Waals surface area contributed by atoms with Gasteiger partial charge in [-0.25, -0.2) is 4.99 Å². The molecule has 146 valence electrons. The topological polar surface area (TPSA) is 58.7 Å². The zero-order valence-corrected chi connectivity index (χ0v) is 17.7. The van der Waals surface area contributed by atoms with Crippen molar-refractivity contribution in [3.05, 3.63) is 46.6 Å². The standard InChI is InChI=1S/C20H25ClN4O.ClH/c1-13-11-17(19(22)18(21)20(13)26)23-14-5-7-15(8-6-14)24-10-9-16(12-24)25(2,3)4;/h5-8,11,16H,9-10,12H2,1-4H3,(H-,22,26);1H. The van der Waals surface area contributed by atoms with E-state index in [0.29, 0.717) is 17.3 Å². The quantitative estimate of drug-likeness (QED) is 0.564. The van der Waals surface area contributed by atoms with E-state index >= 15 is 0 Å². The van der Waals surface area contributed by atoms with E-state index < -0.39 is 0 Å². The van der Waals surface area contributed by atoms with E-state index in [4.69, 9.17) is 17.3 Å². The number of quaternary nitrogens is 1. The van der Waals surface area contributed by atoms with Gasteiger partial charge in [-0.2, -0.15) is 0 Å². The molecule has 7 heteroatoms. The molecule has 5 nitrogen and oxygen atoms in total. The van der Waals surface area contributed by atoms with Gasteiger partial charge in [0.25, 0.3) is 0 Å².